The van der Waals surface area contributed by atoms with Gasteiger partial charge in [-0.3, -0.25) is 4.79 Å². The highest BCUT2D eigenvalue weighted by atomic mass is 79.9. The number of benzene rings is 1. The van der Waals surface area contributed by atoms with Crippen LogP contribution in [0.1, 0.15) is 11.6 Å². The van der Waals surface area contributed by atoms with E-state index in [1.807, 2.05) is 30.3 Å². The number of hydrogen-bond donors (Lipinski definition) is 2. The van der Waals surface area contributed by atoms with E-state index < -0.39 is 0 Å². The number of likely N-dealkylation sites (N-methyl/N-ethyl adjacent to an activating group) is 1. The molecule has 2 heterocycles. The van der Waals surface area contributed by atoms with Crippen LogP contribution in [0.25, 0.3) is 0 Å². The van der Waals surface area contributed by atoms with Crippen molar-refractivity contribution in [2.75, 3.05) is 12.4 Å². The van der Waals surface area contributed by atoms with Crippen LogP contribution in [-0.2, 0) is 4.79 Å². The predicted octanol–water partition coefficient (Wildman–Crippen LogP) is 3.21. The Hall–Kier alpha value is -1.37. The molecule has 2 aromatic rings. The number of halogens is 1. The van der Waals surface area contributed by atoms with E-state index in [4.69, 9.17) is 0 Å². The number of carbonyl (C=O) groups excluding carboxylic acids is 1. The lowest BCUT2D eigenvalue weighted by atomic mass is 10.1. The molecule has 1 unspecified atom stereocenters. The highest BCUT2D eigenvalue weighted by Crippen LogP contribution is 2.35. The maximum absolute atomic E-state index is 11.8. The summed E-state index contributed by atoms with van der Waals surface area (Å²) in [5.74, 6) is -0.00795. The highest BCUT2D eigenvalue weighted by Gasteiger charge is 2.29. The second kappa shape index (κ2) is 5.55. The molecule has 1 aliphatic rings. The molecule has 0 radical (unpaired) electrons. The highest BCUT2D eigenvalue weighted by molar-refractivity contribution is 9.10. The van der Waals surface area contributed by atoms with Crippen molar-refractivity contribution in [3.8, 4) is 0 Å². The van der Waals surface area contributed by atoms with Gasteiger partial charge < -0.3 is 10.6 Å². The maximum Gasteiger partial charge on any atom is 0.246 e. The first-order valence-electron chi connectivity index (χ1n) is 6.09. The van der Waals surface area contributed by atoms with E-state index in [1.165, 1.54) is 0 Å². The fourth-order valence-corrected chi connectivity index (χ4v) is 3.17. The molecule has 0 saturated carbocycles. The van der Waals surface area contributed by atoms with Crippen LogP contribution in [-0.4, -0.2) is 17.9 Å². The molecule has 1 aliphatic heterocycles. The summed E-state index contributed by atoms with van der Waals surface area (Å²) in [6.07, 6.45) is 1.77. The minimum absolute atomic E-state index is 0.00795. The van der Waals surface area contributed by atoms with Crippen LogP contribution >= 0.6 is 27.7 Å². The van der Waals surface area contributed by atoms with E-state index in [-0.39, 0.29) is 11.9 Å². The molecule has 2 N–H and O–H groups in total. The van der Waals surface area contributed by atoms with Crippen LogP contribution in [0.4, 0.5) is 5.69 Å². The normalized spacial score (nSPS) is 16.9. The Morgan fingerprint density at radius 3 is 2.90 bits per heavy atom. The first-order chi connectivity index (χ1) is 9.67. The lowest BCUT2D eigenvalue weighted by Gasteiger charge is -2.07. The quantitative estimate of drug-likeness (QED) is 0.893. The van der Waals surface area contributed by atoms with Crippen molar-refractivity contribution in [1.29, 1.82) is 0 Å². The topological polar surface area (TPSA) is 54.0 Å². The van der Waals surface area contributed by atoms with Gasteiger partial charge in [-0.15, -0.1) is 0 Å². The predicted molar refractivity (Wildman–Crippen MR) is 82.9 cm³/mol. The molecular weight excluding hydrogens is 338 g/mol. The summed E-state index contributed by atoms with van der Waals surface area (Å²) in [6.45, 7) is 0. The molecule has 1 aromatic heterocycles. The van der Waals surface area contributed by atoms with E-state index >= 15 is 0 Å². The summed E-state index contributed by atoms with van der Waals surface area (Å²) in [5, 5.41) is 6.82. The summed E-state index contributed by atoms with van der Waals surface area (Å²) in [4.78, 5) is 17.2. The van der Waals surface area contributed by atoms with Crippen molar-refractivity contribution in [3.05, 3.63) is 46.6 Å². The zero-order valence-electron chi connectivity index (χ0n) is 10.7. The molecule has 1 atom stereocenters. The van der Waals surface area contributed by atoms with Crippen LogP contribution < -0.4 is 10.6 Å². The average Bonchev–Trinajstić information content (AvgIpc) is 2.76. The first kappa shape index (κ1) is 13.6. The SMILES string of the molecule is CNC1C(=O)Nc2cc(Sc3ccc(Br)cn3)ccc21. The Morgan fingerprint density at radius 1 is 1.35 bits per heavy atom. The Bertz CT molecular complexity index is 660. The van der Waals surface area contributed by atoms with Crippen molar-refractivity contribution < 1.29 is 4.79 Å². The molecule has 0 saturated heterocycles. The molecule has 4 nitrogen and oxygen atoms in total. The molecule has 0 aliphatic carbocycles. The number of anilines is 1. The number of fused-ring (bicyclic) bond motifs is 1. The molecule has 1 amide bonds. The molecule has 0 fully saturated rings. The van der Waals surface area contributed by atoms with Gasteiger partial charge in [0.1, 0.15) is 11.1 Å². The van der Waals surface area contributed by atoms with Crippen molar-refractivity contribution in [2.45, 2.75) is 16.0 Å². The largest absolute Gasteiger partial charge is 0.324 e. The van der Waals surface area contributed by atoms with Crippen LogP contribution in [0, 0.1) is 0 Å². The molecule has 1 aromatic carbocycles. The number of rotatable bonds is 3. The van der Waals surface area contributed by atoms with Crippen molar-refractivity contribution in [3.63, 3.8) is 0 Å². The first-order valence-corrected chi connectivity index (χ1v) is 7.70. The molecule has 0 bridgehead atoms. The third-order valence-electron chi connectivity index (χ3n) is 3.07. The molecule has 6 heteroatoms. The van der Waals surface area contributed by atoms with Crippen LogP contribution in [0.2, 0.25) is 0 Å². The van der Waals surface area contributed by atoms with Gasteiger partial charge in [-0.05, 0) is 47.2 Å². The van der Waals surface area contributed by atoms with Crippen molar-refractivity contribution >= 4 is 39.3 Å². The molecule has 3 rings (SSSR count). The van der Waals surface area contributed by atoms with Gasteiger partial charge in [0.15, 0.2) is 0 Å². The fourth-order valence-electron chi connectivity index (χ4n) is 2.13. The van der Waals surface area contributed by atoms with E-state index in [2.05, 4.69) is 31.5 Å². The van der Waals surface area contributed by atoms with Gasteiger partial charge in [0.25, 0.3) is 0 Å². The summed E-state index contributed by atoms with van der Waals surface area (Å²) >= 11 is 4.94. The zero-order chi connectivity index (χ0) is 14.1. The van der Waals surface area contributed by atoms with Gasteiger partial charge >= 0.3 is 0 Å². The smallest absolute Gasteiger partial charge is 0.246 e. The lowest BCUT2D eigenvalue weighted by molar-refractivity contribution is -0.117. The Morgan fingerprint density at radius 2 is 2.20 bits per heavy atom. The summed E-state index contributed by atoms with van der Waals surface area (Å²) < 4.78 is 0.958. The molecule has 20 heavy (non-hydrogen) atoms. The van der Waals surface area contributed by atoms with Crippen LogP contribution in [0.5, 0.6) is 0 Å². The average molecular weight is 350 g/mol. The van der Waals surface area contributed by atoms with E-state index in [1.54, 1.807) is 25.0 Å². The number of carbonyl (C=O) groups is 1. The fraction of sp³-hybridized carbons (Fsp3) is 0.143. The number of aromatic nitrogens is 1. The summed E-state index contributed by atoms with van der Waals surface area (Å²) in [7, 11) is 1.79. The molecule has 0 spiro atoms. The van der Waals surface area contributed by atoms with Gasteiger partial charge in [-0.2, -0.15) is 0 Å². The zero-order valence-corrected chi connectivity index (χ0v) is 13.1. The summed E-state index contributed by atoms with van der Waals surface area (Å²) in [5.41, 5.74) is 1.86. The van der Waals surface area contributed by atoms with Gasteiger partial charge in [-0.1, -0.05) is 17.8 Å². The standard InChI is InChI=1S/C14H12BrN3OS/c1-16-13-10-4-3-9(6-11(10)18-14(13)19)20-12-5-2-8(15)7-17-12/h2-7,13,16H,1H3,(H,18,19). The summed E-state index contributed by atoms with van der Waals surface area (Å²) in [6, 6.07) is 9.64. The van der Waals surface area contributed by atoms with Gasteiger partial charge in [0.2, 0.25) is 5.91 Å². The van der Waals surface area contributed by atoms with E-state index in [0.29, 0.717) is 0 Å². The number of amides is 1. The second-order valence-corrected chi connectivity index (χ2v) is 6.39. The number of pyridine rings is 1. The monoisotopic (exact) mass is 349 g/mol. The van der Waals surface area contributed by atoms with Crippen molar-refractivity contribution in [2.24, 2.45) is 0 Å². The minimum atomic E-state index is -0.255. The maximum atomic E-state index is 11.8. The van der Waals surface area contributed by atoms with Crippen LogP contribution in [0.15, 0.2) is 50.9 Å². The molecular formula is C14H12BrN3OS. The number of nitrogens with one attached hydrogen (secondary N) is 2. The second-order valence-electron chi connectivity index (χ2n) is 4.38. The van der Waals surface area contributed by atoms with E-state index in [0.717, 1.165) is 25.6 Å². The number of hydrogen-bond acceptors (Lipinski definition) is 4. The van der Waals surface area contributed by atoms with Gasteiger partial charge in [-0.25, -0.2) is 4.98 Å². The van der Waals surface area contributed by atoms with Crippen molar-refractivity contribution in [1.82, 2.24) is 10.3 Å². The third-order valence-corrected chi connectivity index (χ3v) is 4.48. The minimum Gasteiger partial charge on any atom is -0.324 e. The lowest BCUT2D eigenvalue weighted by Crippen LogP contribution is -2.23. The Labute approximate surface area is 129 Å². The van der Waals surface area contributed by atoms with E-state index in [9.17, 15) is 4.79 Å². The number of nitrogens with zero attached hydrogens (tertiary/aromatic N) is 1. The van der Waals surface area contributed by atoms with Gasteiger partial charge in [0.05, 0.1) is 0 Å². The molecule has 102 valence electrons. The Balaban J connectivity index is 1.85. The van der Waals surface area contributed by atoms with Gasteiger partial charge in [0, 0.05) is 26.8 Å². The third kappa shape index (κ3) is 2.59. The van der Waals surface area contributed by atoms with Crippen LogP contribution in [0.3, 0.4) is 0 Å². The Kier molecular flexibility index (Phi) is 3.78.